The predicted octanol–water partition coefficient (Wildman–Crippen LogP) is 2.46. The van der Waals surface area contributed by atoms with E-state index in [1.54, 1.807) is 18.3 Å². The number of anilines is 1. The first-order valence-corrected chi connectivity index (χ1v) is 6.70. The van der Waals surface area contributed by atoms with Crippen LogP contribution in [0, 0.1) is 13.8 Å². The monoisotopic (exact) mass is 266 g/mol. The minimum Gasteiger partial charge on any atom is -0.408 e. The molecule has 1 atom stereocenters. The van der Waals surface area contributed by atoms with E-state index < -0.39 is 0 Å². The SMILES string of the molecule is Cc1nnc(NC[C@H](c2sccc2C)N(C)C)o1. The summed E-state index contributed by atoms with van der Waals surface area (Å²) in [7, 11) is 4.15. The minimum atomic E-state index is 0.303. The van der Waals surface area contributed by atoms with Gasteiger partial charge in [-0.2, -0.15) is 0 Å². The summed E-state index contributed by atoms with van der Waals surface area (Å²) in [6.45, 7) is 4.67. The standard InChI is InChI=1S/C12H18N4OS/c1-8-5-6-18-11(8)10(16(3)4)7-13-12-15-14-9(2)17-12/h5-6,10H,7H2,1-4H3,(H,13,15)/t10-/m1/s1. The van der Waals surface area contributed by atoms with E-state index >= 15 is 0 Å². The Morgan fingerprint density at radius 2 is 2.17 bits per heavy atom. The maximum Gasteiger partial charge on any atom is 0.315 e. The Morgan fingerprint density at radius 1 is 1.39 bits per heavy atom. The van der Waals surface area contributed by atoms with E-state index in [2.05, 4.69) is 52.9 Å². The average molecular weight is 266 g/mol. The molecule has 0 bridgehead atoms. The van der Waals surface area contributed by atoms with Crippen LogP contribution in [0.3, 0.4) is 0 Å². The first kappa shape index (κ1) is 13.0. The number of nitrogens with one attached hydrogen (secondary N) is 1. The van der Waals surface area contributed by atoms with Crippen LogP contribution in [0.4, 0.5) is 6.01 Å². The van der Waals surface area contributed by atoms with E-state index in [9.17, 15) is 0 Å². The lowest BCUT2D eigenvalue weighted by Crippen LogP contribution is -2.26. The molecule has 0 amide bonds. The summed E-state index contributed by atoms with van der Waals surface area (Å²) in [6, 6.07) is 2.93. The van der Waals surface area contributed by atoms with Crippen molar-refractivity contribution >= 4 is 17.4 Å². The second-order valence-corrected chi connectivity index (χ2v) is 5.40. The van der Waals surface area contributed by atoms with Gasteiger partial charge in [-0.05, 0) is 38.0 Å². The highest BCUT2D eigenvalue weighted by atomic mass is 32.1. The summed E-state index contributed by atoms with van der Waals surface area (Å²) in [5, 5.41) is 13.0. The van der Waals surface area contributed by atoms with Crippen LogP contribution >= 0.6 is 11.3 Å². The highest BCUT2D eigenvalue weighted by Crippen LogP contribution is 2.27. The number of aromatic nitrogens is 2. The smallest absolute Gasteiger partial charge is 0.315 e. The highest BCUT2D eigenvalue weighted by Gasteiger charge is 2.18. The zero-order valence-electron chi connectivity index (χ0n) is 11.1. The number of thiophene rings is 1. The van der Waals surface area contributed by atoms with Gasteiger partial charge in [0.05, 0.1) is 6.04 Å². The molecule has 0 fully saturated rings. The van der Waals surface area contributed by atoms with Crippen molar-refractivity contribution in [2.24, 2.45) is 0 Å². The topological polar surface area (TPSA) is 54.2 Å². The number of likely N-dealkylation sites (N-methyl/N-ethyl adjacent to an activating group) is 1. The highest BCUT2D eigenvalue weighted by molar-refractivity contribution is 7.10. The Hall–Kier alpha value is -1.40. The van der Waals surface area contributed by atoms with Crippen molar-refractivity contribution in [1.82, 2.24) is 15.1 Å². The summed E-state index contributed by atoms with van der Waals surface area (Å²) in [5.41, 5.74) is 1.32. The summed E-state index contributed by atoms with van der Waals surface area (Å²) in [4.78, 5) is 3.55. The third-order valence-electron chi connectivity index (χ3n) is 2.80. The predicted molar refractivity (Wildman–Crippen MR) is 73.0 cm³/mol. The van der Waals surface area contributed by atoms with Crippen molar-refractivity contribution in [1.29, 1.82) is 0 Å². The van der Waals surface area contributed by atoms with Crippen molar-refractivity contribution in [3.8, 4) is 0 Å². The van der Waals surface area contributed by atoms with Crippen LogP contribution in [0.5, 0.6) is 0 Å². The third kappa shape index (κ3) is 2.88. The van der Waals surface area contributed by atoms with Crippen LogP contribution in [0.1, 0.15) is 22.4 Å². The molecule has 2 aromatic rings. The molecule has 2 rings (SSSR count). The lowest BCUT2D eigenvalue weighted by atomic mass is 10.1. The third-order valence-corrected chi connectivity index (χ3v) is 3.92. The molecule has 98 valence electrons. The lowest BCUT2D eigenvalue weighted by Gasteiger charge is -2.24. The molecule has 2 aromatic heterocycles. The summed E-state index contributed by atoms with van der Waals surface area (Å²) in [6.07, 6.45) is 0. The van der Waals surface area contributed by atoms with E-state index in [0.29, 0.717) is 17.9 Å². The molecule has 0 aliphatic carbocycles. The fourth-order valence-electron chi connectivity index (χ4n) is 1.79. The van der Waals surface area contributed by atoms with Gasteiger partial charge in [-0.3, -0.25) is 0 Å². The van der Waals surface area contributed by atoms with Gasteiger partial charge in [0.15, 0.2) is 0 Å². The van der Waals surface area contributed by atoms with Crippen molar-refractivity contribution in [2.75, 3.05) is 26.0 Å². The van der Waals surface area contributed by atoms with Crippen LogP contribution in [-0.4, -0.2) is 35.7 Å². The first-order chi connectivity index (χ1) is 8.58. The molecular weight excluding hydrogens is 248 g/mol. The van der Waals surface area contributed by atoms with Gasteiger partial charge < -0.3 is 14.6 Å². The average Bonchev–Trinajstić information content (AvgIpc) is 2.89. The van der Waals surface area contributed by atoms with Crippen LogP contribution in [0.15, 0.2) is 15.9 Å². The zero-order valence-corrected chi connectivity index (χ0v) is 11.9. The normalized spacial score (nSPS) is 12.9. The summed E-state index contributed by atoms with van der Waals surface area (Å²) < 4.78 is 5.31. The van der Waals surface area contributed by atoms with Crippen molar-refractivity contribution in [2.45, 2.75) is 19.9 Å². The number of nitrogens with zero attached hydrogens (tertiary/aromatic N) is 3. The van der Waals surface area contributed by atoms with E-state index in [1.807, 2.05) is 0 Å². The Morgan fingerprint density at radius 3 is 2.67 bits per heavy atom. The zero-order chi connectivity index (χ0) is 13.1. The van der Waals surface area contributed by atoms with E-state index in [0.717, 1.165) is 6.54 Å². The Kier molecular flexibility index (Phi) is 3.98. The molecular formula is C12H18N4OS. The molecule has 0 unspecified atom stereocenters. The molecule has 0 saturated heterocycles. The van der Waals surface area contributed by atoms with Gasteiger partial charge in [0.2, 0.25) is 5.89 Å². The molecule has 0 aliphatic heterocycles. The van der Waals surface area contributed by atoms with Crippen LogP contribution in [0.2, 0.25) is 0 Å². The molecule has 5 nitrogen and oxygen atoms in total. The quantitative estimate of drug-likeness (QED) is 0.901. The summed E-state index contributed by atoms with van der Waals surface area (Å²) in [5.74, 6) is 0.575. The fourth-order valence-corrected chi connectivity index (χ4v) is 2.91. The molecule has 0 saturated carbocycles. The van der Waals surface area contributed by atoms with Crippen LogP contribution < -0.4 is 5.32 Å². The van der Waals surface area contributed by atoms with Crippen molar-refractivity contribution < 1.29 is 4.42 Å². The number of hydrogen-bond donors (Lipinski definition) is 1. The molecule has 6 heteroatoms. The number of rotatable bonds is 5. The van der Waals surface area contributed by atoms with E-state index in [1.165, 1.54) is 10.4 Å². The van der Waals surface area contributed by atoms with Crippen molar-refractivity contribution in [3.63, 3.8) is 0 Å². The molecule has 0 radical (unpaired) electrons. The van der Waals surface area contributed by atoms with Gasteiger partial charge in [-0.1, -0.05) is 5.10 Å². The second-order valence-electron chi connectivity index (χ2n) is 4.45. The maximum atomic E-state index is 5.31. The van der Waals surface area contributed by atoms with Crippen molar-refractivity contribution in [3.05, 3.63) is 27.8 Å². The fraction of sp³-hybridized carbons (Fsp3) is 0.500. The Balaban J connectivity index is 2.06. The molecule has 2 heterocycles. The van der Waals surface area contributed by atoms with Gasteiger partial charge in [0, 0.05) is 18.3 Å². The van der Waals surface area contributed by atoms with E-state index in [4.69, 9.17) is 4.42 Å². The van der Waals surface area contributed by atoms with Gasteiger partial charge in [-0.25, -0.2) is 0 Å². The molecule has 0 aliphatic rings. The largest absolute Gasteiger partial charge is 0.408 e. The van der Waals surface area contributed by atoms with Gasteiger partial charge in [0.25, 0.3) is 0 Å². The van der Waals surface area contributed by atoms with Gasteiger partial charge >= 0.3 is 6.01 Å². The molecule has 0 aromatic carbocycles. The molecule has 0 spiro atoms. The second kappa shape index (κ2) is 5.49. The lowest BCUT2D eigenvalue weighted by molar-refractivity contribution is 0.313. The minimum absolute atomic E-state index is 0.303. The van der Waals surface area contributed by atoms with Crippen LogP contribution in [-0.2, 0) is 0 Å². The molecule has 1 N–H and O–H groups in total. The maximum absolute atomic E-state index is 5.31. The Labute approximate surface area is 111 Å². The van der Waals surface area contributed by atoms with Crippen LogP contribution in [0.25, 0.3) is 0 Å². The number of aryl methyl sites for hydroxylation is 2. The number of hydrogen-bond acceptors (Lipinski definition) is 6. The van der Waals surface area contributed by atoms with Gasteiger partial charge in [0.1, 0.15) is 0 Å². The first-order valence-electron chi connectivity index (χ1n) is 5.82. The molecule has 18 heavy (non-hydrogen) atoms. The van der Waals surface area contributed by atoms with Gasteiger partial charge in [-0.15, -0.1) is 16.4 Å². The summed E-state index contributed by atoms with van der Waals surface area (Å²) >= 11 is 1.78. The Bertz CT molecular complexity index is 506. The van der Waals surface area contributed by atoms with E-state index in [-0.39, 0.29) is 0 Å².